The van der Waals surface area contributed by atoms with Crippen LogP contribution in [0.5, 0.6) is 0 Å². The molecule has 0 bridgehead atoms. The van der Waals surface area contributed by atoms with Crippen molar-refractivity contribution < 1.29 is 9.53 Å². The molecular weight excluding hydrogens is 519 g/mol. The van der Waals surface area contributed by atoms with E-state index in [1.54, 1.807) is 0 Å². The van der Waals surface area contributed by atoms with Gasteiger partial charge in [-0.1, -0.05) is 30.3 Å². The number of esters is 1. The maximum absolute atomic E-state index is 12.0. The first-order chi connectivity index (χ1) is 15.0. The van der Waals surface area contributed by atoms with E-state index in [1.165, 1.54) is 5.56 Å². The molecule has 0 spiro atoms. The van der Waals surface area contributed by atoms with E-state index < -0.39 is 0 Å². The third-order valence-corrected chi connectivity index (χ3v) is 5.90. The predicted molar refractivity (Wildman–Crippen MR) is 136 cm³/mol. The Morgan fingerprint density at radius 3 is 2.50 bits per heavy atom. The second-order valence-corrected chi connectivity index (χ2v) is 8.11. The van der Waals surface area contributed by atoms with Gasteiger partial charge >= 0.3 is 5.97 Å². The summed E-state index contributed by atoms with van der Waals surface area (Å²) >= 11 is 0. The zero-order chi connectivity index (χ0) is 22.2. The molecule has 2 N–H and O–H groups in total. The Kier molecular flexibility index (Phi) is 10.4. The van der Waals surface area contributed by atoms with Crippen LogP contribution in [0.4, 0.5) is 0 Å². The second-order valence-electron chi connectivity index (χ2n) is 8.11. The Bertz CT molecular complexity index is 878. The second kappa shape index (κ2) is 12.8. The topological polar surface area (TPSA) is 93.4 Å². The number of halogens is 1. The molecule has 0 aliphatic heterocycles. The zero-order valence-electron chi connectivity index (χ0n) is 19.4. The van der Waals surface area contributed by atoms with Gasteiger partial charge in [-0.2, -0.15) is 0 Å². The van der Waals surface area contributed by atoms with Crippen molar-refractivity contribution in [3.05, 3.63) is 47.5 Å². The summed E-state index contributed by atoms with van der Waals surface area (Å²) in [6, 6.07) is 10.7. The average molecular weight is 554 g/mol. The number of hydrogen-bond acceptors (Lipinski definition) is 5. The number of benzene rings is 1. The lowest BCUT2D eigenvalue weighted by atomic mass is 9.86. The van der Waals surface area contributed by atoms with Crippen LogP contribution in [0.3, 0.4) is 0 Å². The first kappa shape index (κ1) is 26.1. The molecule has 1 unspecified atom stereocenters. The molecule has 1 saturated carbocycles. The van der Waals surface area contributed by atoms with Gasteiger partial charge in [0.05, 0.1) is 18.6 Å². The van der Waals surface area contributed by atoms with Gasteiger partial charge in [0, 0.05) is 13.1 Å². The number of aromatic nitrogens is 3. The van der Waals surface area contributed by atoms with E-state index in [0.717, 1.165) is 43.3 Å². The monoisotopic (exact) mass is 554 g/mol. The fourth-order valence-electron chi connectivity index (χ4n) is 3.83. The van der Waals surface area contributed by atoms with Crippen LogP contribution in [0, 0.1) is 12.8 Å². The summed E-state index contributed by atoms with van der Waals surface area (Å²) in [6.07, 6.45) is 3.49. The number of carbonyl (C=O) groups is 1. The van der Waals surface area contributed by atoms with Crippen molar-refractivity contribution in [3.63, 3.8) is 0 Å². The third kappa shape index (κ3) is 7.18. The summed E-state index contributed by atoms with van der Waals surface area (Å²) in [5.41, 5.74) is 1.19. The first-order valence-electron chi connectivity index (χ1n) is 11.1. The maximum Gasteiger partial charge on any atom is 0.308 e. The summed E-state index contributed by atoms with van der Waals surface area (Å²) < 4.78 is 7.14. The minimum Gasteiger partial charge on any atom is -0.466 e. The van der Waals surface area contributed by atoms with Gasteiger partial charge in [-0.15, -0.1) is 34.2 Å². The molecule has 1 aromatic carbocycles. The van der Waals surface area contributed by atoms with Gasteiger partial charge in [0.1, 0.15) is 12.4 Å². The van der Waals surface area contributed by atoms with E-state index in [4.69, 9.17) is 9.73 Å². The molecule has 32 heavy (non-hydrogen) atoms. The fraction of sp³-hybridized carbons (Fsp3) is 0.565. The molecule has 9 heteroatoms. The molecule has 1 atom stereocenters. The highest BCUT2D eigenvalue weighted by atomic mass is 127. The predicted octanol–water partition coefficient (Wildman–Crippen LogP) is 3.66. The Morgan fingerprint density at radius 1 is 1.22 bits per heavy atom. The number of rotatable bonds is 7. The molecule has 176 valence electrons. The summed E-state index contributed by atoms with van der Waals surface area (Å²) in [5, 5.41) is 15.4. The maximum atomic E-state index is 12.0. The number of nitrogens with zero attached hydrogens (tertiary/aromatic N) is 4. The quantitative estimate of drug-likeness (QED) is 0.235. The van der Waals surface area contributed by atoms with Crippen LogP contribution in [0.2, 0.25) is 0 Å². The Morgan fingerprint density at radius 2 is 1.91 bits per heavy atom. The number of ether oxygens (including phenoxy) is 1. The molecule has 1 aliphatic carbocycles. The largest absolute Gasteiger partial charge is 0.466 e. The van der Waals surface area contributed by atoms with Gasteiger partial charge in [0.15, 0.2) is 11.8 Å². The van der Waals surface area contributed by atoms with Gasteiger partial charge in [-0.3, -0.25) is 4.79 Å². The normalized spacial score (nSPS) is 19.6. The van der Waals surface area contributed by atoms with Gasteiger partial charge in [-0.05, 0) is 52.0 Å². The van der Waals surface area contributed by atoms with Crippen LogP contribution in [0.1, 0.15) is 62.8 Å². The zero-order valence-corrected chi connectivity index (χ0v) is 21.7. The molecule has 1 heterocycles. The lowest BCUT2D eigenvalue weighted by molar-refractivity contribution is -0.149. The number of aliphatic imine (C=N–C) groups is 1. The SMILES string of the molecule is CCOC(=O)C1CCC(NC(=NCc2nnc(C)n2C)NC(C)c2ccccc2)CC1.I. The van der Waals surface area contributed by atoms with Crippen LogP contribution in [0.25, 0.3) is 0 Å². The highest BCUT2D eigenvalue weighted by Crippen LogP contribution is 2.25. The van der Waals surface area contributed by atoms with E-state index in [2.05, 4.69) is 39.9 Å². The molecular formula is C23H35IN6O2. The molecule has 0 amide bonds. The first-order valence-corrected chi connectivity index (χ1v) is 11.1. The van der Waals surface area contributed by atoms with E-state index in [1.807, 2.05) is 43.7 Å². The van der Waals surface area contributed by atoms with Gasteiger partial charge < -0.3 is 19.9 Å². The Balaban J connectivity index is 0.00000363. The van der Waals surface area contributed by atoms with E-state index in [-0.39, 0.29) is 47.9 Å². The minimum absolute atomic E-state index is 0. The van der Waals surface area contributed by atoms with Crippen LogP contribution in [-0.4, -0.2) is 39.3 Å². The summed E-state index contributed by atoms with van der Waals surface area (Å²) in [7, 11) is 1.95. The van der Waals surface area contributed by atoms with Crippen molar-refractivity contribution in [1.82, 2.24) is 25.4 Å². The molecule has 1 aliphatic rings. The van der Waals surface area contributed by atoms with Gasteiger partial charge in [0.25, 0.3) is 0 Å². The number of hydrogen-bond donors (Lipinski definition) is 2. The van der Waals surface area contributed by atoms with Crippen LogP contribution in [0.15, 0.2) is 35.3 Å². The lowest BCUT2D eigenvalue weighted by Crippen LogP contribution is -2.46. The summed E-state index contributed by atoms with van der Waals surface area (Å²) in [5.74, 6) is 2.37. The van der Waals surface area contributed by atoms with E-state index >= 15 is 0 Å². The average Bonchev–Trinajstić information content (AvgIpc) is 3.11. The Labute approximate surface area is 207 Å². The van der Waals surface area contributed by atoms with Crippen molar-refractivity contribution in [2.45, 2.75) is 65.1 Å². The smallest absolute Gasteiger partial charge is 0.308 e. The number of carbonyl (C=O) groups excluding carboxylic acids is 1. The molecule has 1 fully saturated rings. The summed E-state index contributed by atoms with van der Waals surface area (Å²) in [4.78, 5) is 16.8. The van der Waals surface area contributed by atoms with Crippen molar-refractivity contribution in [3.8, 4) is 0 Å². The van der Waals surface area contributed by atoms with Crippen molar-refractivity contribution >= 4 is 35.9 Å². The third-order valence-electron chi connectivity index (χ3n) is 5.90. The van der Waals surface area contributed by atoms with Crippen LogP contribution >= 0.6 is 24.0 Å². The van der Waals surface area contributed by atoms with Crippen LogP contribution < -0.4 is 10.6 Å². The summed E-state index contributed by atoms with van der Waals surface area (Å²) in [6.45, 7) is 6.78. The van der Waals surface area contributed by atoms with Gasteiger partial charge in [0.2, 0.25) is 0 Å². The number of aryl methyl sites for hydroxylation is 1. The molecule has 8 nitrogen and oxygen atoms in total. The standard InChI is InChI=1S/C23H34N6O2.HI/c1-5-31-22(30)19-11-13-20(14-12-19)26-23(24-15-21-28-27-17(3)29(21)4)25-16(2)18-9-7-6-8-10-18;/h6-10,16,19-20H,5,11-15H2,1-4H3,(H2,24,25,26);1H. The van der Waals surface area contributed by atoms with Crippen molar-refractivity contribution in [2.24, 2.45) is 18.0 Å². The van der Waals surface area contributed by atoms with Gasteiger partial charge in [-0.25, -0.2) is 4.99 Å². The van der Waals surface area contributed by atoms with Crippen molar-refractivity contribution in [2.75, 3.05) is 6.61 Å². The Hall–Kier alpha value is -2.17. The minimum atomic E-state index is -0.0664. The highest BCUT2D eigenvalue weighted by Gasteiger charge is 2.28. The van der Waals surface area contributed by atoms with E-state index in [0.29, 0.717) is 13.2 Å². The fourth-order valence-corrected chi connectivity index (χ4v) is 3.83. The molecule has 0 radical (unpaired) electrons. The van der Waals surface area contributed by atoms with Crippen LogP contribution in [-0.2, 0) is 23.1 Å². The molecule has 1 aromatic heterocycles. The molecule has 3 rings (SSSR count). The van der Waals surface area contributed by atoms with E-state index in [9.17, 15) is 4.79 Å². The molecule has 2 aromatic rings. The van der Waals surface area contributed by atoms with Crippen molar-refractivity contribution in [1.29, 1.82) is 0 Å². The number of nitrogens with one attached hydrogen (secondary N) is 2. The highest BCUT2D eigenvalue weighted by molar-refractivity contribution is 14.0. The number of guanidine groups is 1. The lowest BCUT2D eigenvalue weighted by Gasteiger charge is -2.30. The molecule has 0 saturated heterocycles.